The van der Waals surface area contributed by atoms with Crippen LogP contribution in [0.15, 0.2) is 48.5 Å². The molecule has 0 radical (unpaired) electrons. The maximum atomic E-state index is 13.1. The molecule has 0 aliphatic heterocycles. The van der Waals surface area contributed by atoms with E-state index in [1.54, 1.807) is 20.8 Å². The molecule has 0 saturated carbocycles. The van der Waals surface area contributed by atoms with Gasteiger partial charge in [0.15, 0.2) is 5.78 Å². The predicted molar refractivity (Wildman–Crippen MR) is 97.3 cm³/mol. The van der Waals surface area contributed by atoms with E-state index < -0.39 is 34.8 Å². The third-order valence-corrected chi connectivity index (χ3v) is 4.15. The first-order valence-electron chi connectivity index (χ1n) is 8.65. The summed E-state index contributed by atoms with van der Waals surface area (Å²) in [6, 6.07) is 8.30. The molecule has 1 amide bonds. The van der Waals surface area contributed by atoms with Crippen LogP contribution in [0.2, 0.25) is 0 Å². The van der Waals surface area contributed by atoms with Crippen LogP contribution in [0, 0.1) is 11.2 Å². The lowest BCUT2D eigenvalue weighted by atomic mass is 9.92. The van der Waals surface area contributed by atoms with Crippen LogP contribution in [-0.2, 0) is 17.4 Å². The van der Waals surface area contributed by atoms with Gasteiger partial charge >= 0.3 is 6.18 Å². The van der Waals surface area contributed by atoms with Gasteiger partial charge in [-0.05, 0) is 42.0 Å². The summed E-state index contributed by atoms with van der Waals surface area (Å²) < 4.78 is 51.3. The summed E-state index contributed by atoms with van der Waals surface area (Å²) in [4.78, 5) is 25.2. The fourth-order valence-corrected chi connectivity index (χ4v) is 2.46. The third-order valence-electron chi connectivity index (χ3n) is 4.15. The topological polar surface area (TPSA) is 46.2 Å². The number of hydrogen-bond acceptors (Lipinski definition) is 2. The standard InChI is InChI=1S/C21H21F4NO2/c1-20(2,3)19(28)26-17(18(27)14-6-10-16(22)11-7-14)12-13-4-8-15(9-5-13)21(23,24)25/h4-11,17H,12H2,1-3H3,(H,26,28). The van der Waals surface area contributed by atoms with E-state index in [0.29, 0.717) is 5.56 Å². The molecule has 7 heteroatoms. The number of nitrogens with one attached hydrogen (secondary N) is 1. The molecule has 1 unspecified atom stereocenters. The number of carbonyl (C=O) groups excluding carboxylic acids is 2. The van der Waals surface area contributed by atoms with Crippen molar-refractivity contribution in [1.82, 2.24) is 5.32 Å². The minimum absolute atomic E-state index is 0.0101. The fourth-order valence-electron chi connectivity index (χ4n) is 2.46. The molecular weight excluding hydrogens is 374 g/mol. The van der Waals surface area contributed by atoms with E-state index in [-0.39, 0.29) is 17.9 Å². The van der Waals surface area contributed by atoms with Gasteiger partial charge in [-0.15, -0.1) is 0 Å². The summed E-state index contributed by atoms with van der Waals surface area (Å²) in [5.41, 5.74) is -0.895. The Morgan fingerprint density at radius 1 is 0.929 bits per heavy atom. The molecule has 0 bridgehead atoms. The van der Waals surface area contributed by atoms with Crippen molar-refractivity contribution in [2.75, 3.05) is 0 Å². The molecular formula is C21H21F4NO2. The van der Waals surface area contributed by atoms with Crippen molar-refractivity contribution >= 4 is 11.7 Å². The van der Waals surface area contributed by atoms with Gasteiger partial charge in [-0.2, -0.15) is 13.2 Å². The first-order chi connectivity index (χ1) is 12.9. The second-order valence-electron chi connectivity index (χ2n) is 7.55. The molecule has 0 aliphatic carbocycles. The Labute approximate surface area is 160 Å². The van der Waals surface area contributed by atoms with E-state index in [2.05, 4.69) is 5.32 Å². The predicted octanol–water partition coefficient (Wildman–Crippen LogP) is 4.80. The lowest BCUT2D eigenvalue weighted by Crippen LogP contribution is -2.47. The number of halogens is 4. The highest BCUT2D eigenvalue weighted by molar-refractivity contribution is 6.02. The summed E-state index contributed by atoms with van der Waals surface area (Å²) in [6.07, 6.45) is -4.45. The average Bonchev–Trinajstić information content (AvgIpc) is 2.60. The van der Waals surface area contributed by atoms with Crippen LogP contribution in [-0.4, -0.2) is 17.7 Å². The summed E-state index contributed by atoms with van der Waals surface area (Å²) in [5.74, 6) is -1.33. The van der Waals surface area contributed by atoms with Gasteiger partial charge in [-0.1, -0.05) is 32.9 Å². The minimum atomic E-state index is -4.46. The van der Waals surface area contributed by atoms with E-state index in [9.17, 15) is 27.2 Å². The van der Waals surface area contributed by atoms with Gasteiger partial charge in [0, 0.05) is 17.4 Å². The van der Waals surface area contributed by atoms with Gasteiger partial charge < -0.3 is 5.32 Å². The zero-order valence-electron chi connectivity index (χ0n) is 15.7. The van der Waals surface area contributed by atoms with Crippen LogP contribution in [0.25, 0.3) is 0 Å². The van der Waals surface area contributed by atoms with Gasteiger partial charge in [0.1, 0.15) is 5.82 Å². The molecule has 1 atom stereocenters. The van der Waals surface area contributed by atoms with Crippen LogP contribution in [0.3, 0.4) is 0 Å². The highest BCUT2D eigenvalue weighted by atomic mass is 19.4. The van der Waals surface area contributed by atoms with E-state index in [4.69, 9.17) is 0 Å². The lowest BCUT2D eigenvalue weighted by Gasteiger charge is -2.24. The normalized spacial score (nSPS) is 13.1. The molecule has 28 heavy (non-hydrogen) atoms. The van der Waals surface area contributed by atoms with Crippen LogP contribution >= 0.6 is 0 Å². The number of Topliss-reactive ketones (excluding diaryl/α,β-unsaturated/α-hetero) is 1. The number of ketones is 1. The number of benzene rings is 2. The van der Waals surface area contributed by atoms with Gasteiger partial charge in [-0.3, -0.25) is 9.59 Å². The van der Waals surface area contributed by atoms with Gasteiger partial charge in [0.2, 0.25) is 5.91 Å². The smallest absolute Gasteiger partial charge is 0.345 e. The largest absolute Gasteiger partial charge is 0.416 e. The van der Waals surface area contributed by atoms with Crippen molar-refractivity contribution in [3.63, 3.8) is 0 Å². The molecule has 1 N–H and O–H groups in total. The molecule has 2 aromatic rings. The van der Waals surface area contributed by atoms with Gasteiger partial charge in [0.25, 0.3) is 0 Å². The van der Waals surface area contributed by atoms with Crippen LogP contribution in [0.5, 0.6) is 0 Å². The molecule has 2 aromatic carbocycles. The van der Waals surface area contributed by atoms with Crippen LogP contribution < -0.4 is 5.32 Å². The maximum Gasteiger partial charge on any atom is 0.416 e. The summed E-state index contributed by atoms with van der Waals surface area (Å²) >= 11 is 0. The highest BCUT2D eigenvalue weighted by Crippen LogP contribution is 2.29. The molecule has 150 valence electrons. The summed E-state index contributed by atoms with van der Waals surface area (Å²) in [7, 11) is 0. The Morgan fingerprint density at radius 3 is 1.93 bits per heavy atom. The molecule has 3 nitrogen and oxygen atoms in total. The first-order valence-corrected chi connectivity index (χ1v) is 8.65. The molecule has 2 rings (SSSR count). The second-order valence-corrected chi connectivity index (χ2v) is 7.55. The van der Waals surface area contributed by atoms with Crippen LogP contribution in [0.1, 0.15) is 42.3 Å². The zero-order valence-corrected chi connectivity index (χ0v) is 15.7. The van der Waals surface area contributed by atoms with E-state index in [1.807, 2.05) is 0 Å². The van der Waals surface area contributed by atoms with Crippen molar-refractivity contribution in [1.29, 1.82) is 0 Å². The summed E-state index contributed by atoms with van der Waals surface area (Å²) in [6.45, 7) is 5.04. The number of hydrogen-bond donors (Lipinski definition) is 1. The van der Waals surface area contributed by atoms with E-state index >= 15 is 0 Å². The number of alkyl halides is 3. The Kier molecular flexibility index (Phi) is 6.27. The zero-order chi connectivity index (χ0) is 21.1. The number of carbonyl (C=O) groups is 2. The summed E-state index contributed by atoms with van der Waals surface area (Å²) in [5, 5.41) is 2.66. The lowest BCUT2D eigenvalue weighted by molar-refractivity contribution is -0.137. The van der Waals surface area contributed by atoms with Crippen molar-refractivity contribution in [2.45, 2.75) is 39.4 Å². The van der Waals surface area contributed by atoms with Gasteiger partial charge in [0.05, 0.1) is 11.6 Å². The minimum Gasteiger partial charge on any atom is -0.345 e. The number of amides is 1. The third kappa shape index (κ3) is 5.65. The van der Waals surface area contributed by atoms with E-state index in [0.717, 1.165) is 24.3 Å². The fraction of sp³-hybridized carbons (Fsp3) is 0.333. The van der Waals surface area contributed by atoms with Crippen molar-refractivity contribution in [3.8, 4) is 0 Å². The molecule has 0 spiro atoms. The Hall–Kier alpha value is -2.70. The second kappa shape index (κ2) is 8.12. The first kappa shape index (κ1) is 21.6. The quantitative estimate of drug-likeness (QED) is 0.584. The molecule has 0 aromatic heterocycles. The van der Waals surface area contributed by atoms with Crippen LogP contribution in [0.4, 0.5) is 17.6 Å². The Balaban J connectivity index is 2.28. The van der Waals surface area contributed by atoms with Crippen molar-refractivity contribution in [2.24, 2.45) is 5.41 Å². The average molecular weight is 395 g/mol. The van der Waals surface area contributed by atoms with Crippen molar-refractivity contribution < 1.29 is 27.2 Å². The molecule has 0 fully saturated rings. The van der Waals surface area contributed by atoms with Gasteiger partial charge in [-0.25, -0.2) is 4.39 Å². The molecule has 0 aliphatic rings. The maximum absolute atomic E-state index is 13.1. The highest BCUT2D eigenvalue weighted by Gasteiger charge is 2.31. The van der Waals surface area contributed by atoms with Crippen molar-refractivity contribution in [3.05, 3.63) is 71.0 Å². The Morgan fingerprint density at radius 2 is 1.46 bits per heavy atom. The van der Waals surface area contributed by atoms with E-state index in [1.165, 1.54) is 24.3 Å². The monoisotopic (exact) mass is 395 g/mol. The number of rotatable bonds is 5. The molecule has 0 saturated heterocycles. The Bertz CT molecular complexity index is 835. The SMILES string of the molecule is CC(C)(C)C(=O)NC(Cc1ccc(C(F)(F)F)cc1)C(=O)c1ccc(F)cc1. The molecule has 0 heterocycles.